The fourth-order valence-electron chi connectivity index (χ4n) is 6.43. The lowest BCUT2D eigenvalue weighted by atomic mass is 9.91. The maximum atomic E-state index is 11.3. The highest BCUT2D eigenvalue weighted by Gasteiger charge is 2.18. The highest BCUT2D eigenvalue weighted by Crippen LogP contribution is 2.30. The third-order valence-electron chi connectivity index (χ3n) is 10.1. The van der Waals surface area contributed by atoms with Gasteiger partial charge in [-0.15, -0.1) is 23.4 Å². The van der Waals surface area contributed by atoms with Gasteiger partial charge in [0, 0.05) is 68.9 Å². The maximum Gasteiger partial charge on any atom is 0.343 e. The molecule has 0 radical (unpaired) electrons. The van der Waals surface area contributed by atoms with Crippen molar-refractivity contribution >= 4 is 81.7 Å². The average Bonchev–Trinajstić information content (AvgIpc) is 3.33. The Labute approximate surface area is 423 Å². The maximum absolute atomic E-state index is 11.3. The van der Waals surface area contributed by atoms with Crippen LogP contribution < -0.4 is 9.47 Å². The van der Waals surface area contributed by atoms with Gasteiger partial charge in [-0.2, -0.15) is 0 Å². The Hall–Kier alpha value is -4.62. The number of nitrogens with zero attached hydrogens (tertiary/aromatic N) is 2. The van der Waals surface area contributed by atoms with Gasteiger partial charge in [-0.1, -0.05) is 94.9 Å². The molecule has 0 aliphatic heterocycles. The van der Waals surface area contributed by atoms with Crippen LogP contribution in [0.15, 0.2) is 150 Å². The van der Waals surface area contributed by atoms with E-state index in [1.807, 2.05) is 72.8 Å². The van der Waals surface area contributed by atoms with Crippen LogP contribution in [-0.2, 0) is 19.1 Å². The summed E-state index contributed by atoms with van der Waals surface area (Å²) in [6, 6.07) is 45.9. The third kappa shape index (κ3) is 20.6. The van der Waals surface area contributed by atoms with Crippen molar-refractivity contribution in [2.75, 3.05) is 79.3 Å². The number of phenolic OH excluding ortho intramolecular Hbond substituents is 1. The number of likely N-dealkylation sites (N-methyl/N-ethyl adjacent to an activating group) is 2. The Bertz CT molecular complexity index is 2250. The summed E-state index contributed by atoms with van der Waals surface area (Å²) < 4.78 is 20.0. The van der Waals surface area contributed by atoms with E-state index in [-0.39, 0.29) is 30.2 Å². The number of carbonyl (C=O) groups is 2. The minimum Gasteiger partial charge on any atom is -0.508 e. The predicted molar refractivity (Wildman–Crippen MR) is 276 cm³/mol. The average molecular weight is 1030 g/mol. The molecule has 0 aliphatic rings. The lowest BCUT2D eigenvalue weighted by molar-refractivity contribution is -0.143. The summed E-state index contributed by atoms with van der Waals surface area (Å²) in [6.45, 7) is 3.81. The molecule has 0 aromatic heterocycles. The van der Waals surface area contributed by atoms with Crippen molar-refractivity contribution in [3.8, 4) is 17.2 Å². The highest BCUT2D eigenvalue weighted by molar-refractivity contribution is 8.00. The smallest absolute Gasteiger partial charge is 0.343 e. The molecule has 0 saturated heterocycles. The minimum atomic E-state index is -0.437. The molecule has 0 bridgehead atoms. The van der Waals surface area contributed by atoms with E-state index in [1.54, 1.807) is 12.1 Å². The number of alkyl halides is 1. The number of benzene rings is 6. The Morgan fingerprint density at radius 1 is 0.537 bits per heavy atom. The van der Waals surface area contributed by atoms with Gasteiger partial charge in [-0.3, -0.25) is 4.79 Å². The molecule has 0 saturated carbocycles. The Balaban J connectivity index is 0.000000245. The van der Waals surface area contributed by atoms with E-state index in [9.17, 15) is 9.59 Å². The van der Waals surface area contributed by atoms with Crippen molar-refractivity contribution in [1.29, 1.82) is 0 Å². The number of hydrogen-bond donors (Lipinski definition) is 1. The monoisotopic (exact) mass is 1030 g/mol. The Kier molecular flexibility index (Phi) is 24.6. The van der Waals surface area contributed by atoms with Crippen LogP contribution in [0.25, 0.3) is 0 Å². The number of esters is 2. The molecule has 0 heterocycles. The summed E-state index contributed by atoms with van der Waals surface area (Å²) >= 11 is 31.5. The van der Waals surface area contributed by atoms with Crippen LogP contribution in [0.3, 0.4) is 0 Å². The molecule has 0 aliphatic carbocycles. The van der Waals surface area contributed by atoms with E-state index in [2.05, 4.69) is 81.9 Å². The molecule has 356 valence electrons. The van der Waals surface area contributed by atoms with Crippen molar-refractivity contribution in [2.45, 2.75) is 16.7 Å². The first kappa shape index (κ1) is 55.0. The number of hydrogen-bond acceptors (Lipinski definition) is 10. The molecule has 15 heteroatoms. The molecule has 0 unspecified atom stereocenters. The zero-order valence-electron chi connectivity index (χ0n) is 37.8. The van der Waals surface area contributed by atoms with Gasteiger partial charge in [0.1, 0.15) is 23.9 Å². The number of rotatable bonds is 20. The molecular formula is C52H55Cl5N2O7S. The van der Waals surface area contributed by atoms with E-state index in [1.165, 1.54) is 60.4 Å². The molecule has 6 rings (SSSR count). The summed E-state index contributed by atoms with van der Waals surface area (Å²) in [5, 5.41) is 11.9. The van der Waals surface area contributed by atoms with Crippen LogP contribution >= 0.6 is 69.8 Å². The largest absolute Gasteiger partial charge is 0.508 e. The van der Waals surface area contributed by atoms with Crippen molar-refractivity contribution in [1.82, 2.24) is 9.80 Å². The number of aromatic hydroxyl groups is 1. The van der Waals surface area contributed by atoms with E-state index in [0.29, 0.717) is 24.0 Å². The molecule has 0 spiro atoms. The van der Waals surface area contributed by atoms with Crippen molar-refractivity contribution in [2.24, 2.45) is 0 Å². The molecule has 0 fully saturated rings. The van der Waals surface area contributed by atoms with Gasteiger partial charge in [-0.25, -0.2) is 4.79 Å². The quantitative estimate of drug-likeness (QED) is 0.0452. The molecule has 67 heavy (non-hydrogen) atoms. The Morgan fingerprint density at radius 3 is 1.30 bits per heavy atom. The first-order chi connectivity index (χ1) is 32.3. The minimum absolute atomic E-state index is 0.124. The second-order valence-electron chi connectivity index (χ2n) is 15.1. The second kappa shape index (κ2) is 30.0. The van der Waals surface area contributed by atoms with Crippen LogP contribution in [-0.4, -0.2) is 106 Å². The van der Waals surface area contributed by atoms with E-state index >= 15 is 0 Å². The second-order valence-corrected chi connectivity index (χ2v) is 18.2. The molecule has 0 atom stereocenters. The summed E-state index contributed by atoms with van der Waals surface area (Å²) in [6.07, 6.45) is 0. The van der Waals surface area contributed by atoms with Crippen LogP contribution in [0.5, 0.6) is 17.2 Å². The number of ether oxygens (including phenoxy) is 4. The van der Waals surface area contributed by atoms with Gasteiger partial charge >= 0.3 is 11.9 Å². The number of halogens is 5. The topological polar surface area (TPSA) is 97.8 Å². The number of methoxy groups -OCH3 is 2. The SMILES string of the molecule is CN(CCCl)CC(c1ccc(Cl)cc1)c1ccc(Cl)cc1.COC(=O)COc1ccc(O)cc1.COC(=O)CSc1ccc(OCCN(C)CC(c2ccc(Cl)cc2)c2ccc(Cl)cc2)cc1. The molecule has 6 aromatic carbocycles. The van der Waals surface area contributed by atoms with Crippen LogP contribution in [0.1, 0.15) is 34.1 Å². The number of thioether (sulfide) groups is 1. The van der Waals surface area contributed by atoms with E-state index in [0.717, 1.165) is 56.9 Å². The van der Waals surface area contributed by atoms with Gasteiger partial charge in [0.15, 0.2) is 6.61 Å². The normalized spacial score (nSPS) is 10.8. The molecule has 6 aromatic rings. The molecule has 0 amide bonds. The summed E-state index contributed by atoms with van der Waals surface area (Å²) in [4.78, 5) is 27.4. The van der Waals surface area contributed by atoms with E-state index in [4.69, 9.17) is 72.6 Å². The number of phenols is 1. The molecule has 9 nitrogen and oxygen atoms in total. The van der Waals surface area contributed by atoms with Crippen molar-refractivity contribution in [3.63, 3.8) is 0 Å². The van der Waals surface area contributed by atoms with Crippen LogP contribution in [0.4, 0.5) is 0 Å². The lowest BCUT2D eigenvalue weighted by Gasteiger charge is -2.25. The summed E-state index contributed by atoms with van der Waals surface area (Å²) in [5.41, 5.74) is 4.88. The van der Waals surface area contributed by atoms with Crippen LogP contribution in [0.2, 0.25) is 20.1 Å². The van der Waals surface area contributed by atoms with Gasteiger partial charge in [0.05, 0.1) is 20.0 Å². The first-order valence-electron chi connectivity index (χ1n) is 21.1. The van der Waals surface area contributed by atoms with Gasteiger partial charge in [0.2, 0.25) is 0 Å². The highest BCUT2D eigenvalue weighted by atomic mass is 35.5. The van der Waals surface area contributed by atoms with Gasteiger partial charge in [0.25, 0.3) is 0 Å². The lowest BCUT2D eigenvalue weighted by Crippen LogP contribution is -2.29. The summed E-state index contributed by atoms with van der Waals surface area (Å²) in [7, 11) is 6.86. The van der Waals surface area contributed by atoms with E-state index < -0.39 is 5.97 Å². The van der Waals surface area contributed by atoms with Gasteiger partial charge in [-0.05, 0) is 133 Å². The zero-order chi connectivity index (χ0) is 48.6. The third-order valence-corrected chi connectivity index (χ3v) is 12.3. The van der Waals surface area contributed by atoms with Crippen molar-refractivity contribution < 1.29 is 33.6 Å². The van der Waals surface area contributed by atoms with Crippen LogP contribution in [0, 0.1) is 0 Å². The molecule has 1 N–H and O–H groups in total. The van der Waals surface area contributed by atoms with Gasteiger partial charge < -0.3 is 33.9 Å². The first-order valence-corrected chi connectivity index (χ1v) is 24.2. The van der Waals surface area contributed by atoms with Crippen molar-refractivity contribution in [3.05, 3.63) is 188 Å². The fraction of sp³-hybridized carbons (Fsp3) is 0.269. The number of carbonyl (C=O) groups excluding carboxylic acids is 2. The fourth-order valence-corrected chi connectivity index (χ4v) is 7.96. The zero-order valence-corrected chi connectivity index (χ0v) is 42.4. The molecular weight excluding hydrogens is 974 g/mol. The summed E-state index contributed by atoms with van der Waals surface area (Å²) in [5.74, 6) is 2.19. The predicted octanol–water partition coefficient (Wildman–Crippen LogP) is 12.6. The Morgan fingerprint density at radius 2 is 0.910 bits per heavy atom. The standard InChI is InChI=1S/C26H27Cl2NO3S.C17H18Cl3N.C9H10O4/c1-29(15-16-32-23-11-13-24(14-12-23)33-18-26(30)31-2)17-25(19-3-7-21(27)8-4-19)20-5-9-22(28)10-6-20;1-21(11-10-18)12-17(13-2-6-15(19)7-3-13)14-4-8-16(20)9-5-14;1-12-9(11)6-13-8-4-2-7(10)3-5-8/h3-14,25H,15-18H2,1-2H3;2-9,17H,10-12H2,1H3;2-5,10H,6H2,1H3.